The Morgan fingerprint density at radius 3 is 2.29 bits per heavy atom. The third kappa shape index (κ3) is 2.01. The summed E-state index contributed by atoms with van der Waals surface area (Å²) in [6.07, 6.45) is 1.40. The molecule has 14 heavy (non-hydrogen) atoms. The molecule has 0 heterocycles. The molecule has 0 aliphatic rings. The van der Waals surface area contributed by atoms with Crippen molar-refractivity contribution in [1.82, 2.24) is 0 Å². The average molecular weight is 212 g/mol. The molecule has 0 fully saturated rings. The molecule has 0 aliphatic carbocycles. The lowest BCUT2D eigenvalue weighted by molar-refractivity contribution is 0.417. The summed E-state index contributed by atoms with van der Waals surface area (Å²) < 4.78 is 17.7. The van der Waals surface area contributed by atoms with Gasteiger partial charge in [-0.15, -0.1) is 0 Å². The zero-order valence-corrected chi connectivity index (χ0v) is 9.88. The Morgan fingerprint density at radius 1 is 1.21 bits per heavy atom. The van der Waals surface area contributed by atoms with Gasteiger partial charge in [0, 0.05) is 12.3 Å². The van der Waals surface area contributed by atoms with Crippen LogP contribution in [-0.2, 0) is 4.57 Å². The number of hydrogen-bond acceptors (Lipinski definition) is 2. The van der Waals surface area contributed by atoms with Gasteiger partial charge in [0.25, 0.3) is 0 Å². The topological polar surface area (TPSA) is 26.3 Å². The van der Waals surface area contributed by atoms with Gasteiger partial charge >= 0.3 is 0 Å². The van der Waals surface area contributed by atoms with E-state index in [1.165, 1.54) is 0 Å². The smallest absolute Gasteiger partial charge is 0.129 e. The number of benzene rings is 1. The zero-order chi connectivity index (χ0) is 10.6. The Hall–Kier alpha value is -0.750. The zero-order valence-electron chi connectivity index (χ0n) is 8.99. The van der Waals surface area contributed by atoms with Gasteiger partial charge in [-0.2, -0.15) is 0 Å². The molecule has 0 atom stereocenters. The molecular weight excluding hydrogens is 195 g/mol. The van der Waals surface area contributed by atoms with Crippen LogP contribution in [-0.4, -0.2) is 19.4 Å². The van der Waals surface area contributed by atoms with E-state index < -0.39 is 7.14 Å². The van der Waals surface area contributed by atoms with E-state index in [2.05, 4.69) is 0 Å². The fraction of sp³-hybridized carbons (Fsp3) is 0.455. The van der Waals surface area contributed by atoms with Crippen molar-refractivity contribution in [3.05, 3.63) is 24.3 Å². The standard InChI is InChI=1S/C11H17O2P/c1-4-14(12,5-2)11-9-7-6-8-10(11)13-3/h6-9H,4-5H2,1-3H3. The van der Waals surface area contributed by atoms with Gasteiger partial charge < -0.3 is 9.30 Å². The van der Waals surface area contributed by atoms with Crippen molar-refractivity contribution in [3.63, 3.8) is 0 Å². The maximum atomic E-state index is 12.5. The van der Waals surface area contributed by atoms with Crippen LogP contribution in [0.1, 0.15) is 13.8 Å². The summed E-state index contributed by atoms with van der Waals surface area (Å²) >= 11 is 0. The maximum Gasteiger partial charge on any atom is 0.129 e. The lowest BCUT2D eigenvalue weighted by Gasteiger charge is -2.17. The molecule has 1 aromatic carbocycles. The molecule has 0 radical (unpaired) electrons. The molecule has 0 aromatic heterocycles. The molecule has 78 valence electrons. The minimum absolute atomic E-state index is 0.698. The number of rotatable bonds is 4. The van der Waals surface area contributed by atoms with E-state index in [0.29, 0.717) is 12.3 Å². The lowest BCUT2D eigenvalue weighted by Crippen LogP contribution is -2.11. The predicted molar refractivity (Wildman–Crippen MR) is 61.3 cm³/mol. The summed E-state index contributed by atoms with van der Waals surface area (Å²) in [5.74, 6) is 0.750. The van der Waals surface area contributed by atoms with E-state index in [0.717, 1.165) is 11.1 Å². The molecule has 0 spiro atoms. The van der Waals surface area contributed by atoms with Crippen LogP contribution in [0.4, 0.5) is 0 Å². The van der Waals surface area contributed by atoms with Gasteiger partial charge in [0.05, 0.1) is 12.4 Å². The van der Waals surface area contributed by atoms with E-state index in [4.69, 9.17) is 4.74 Å². The van der Waals surface area contributed by atoms with Gasteiger partial charge in [0.15, 0.2) is 0 Å². The molecule has 0 amide bonds. The SMILES string of the molecule is CCP(=O)(CC)c1ccccc1OC. The van der Waals surface area contributed by atoms with E-state index in [1.807, 2.05) is 38.1 Å². The first-order chi connectivity index (χ1) is 6.68. The highest BCUT2D eigenvalue weighted by Gasteiger charge is 2.23. The second-order valence-corrected chi connectivity index (χ2v) is 6.72. The van der Waals surface area contributed by atoms with Crippen molar-refractivity contribution in [2.45, 2.75) is 13.8 Å². The Bertz CT molecular complexity index is 339. The normalized spacial score (nSPS) is 11.4. The van der Waals surface area contributed by atoms with E-state index >= 15 is 0 Å². The van der Waals surface area contributed by atoms with E-state index in [9.17, 15) is 4.57 Å². The largest absolute Gasteiger partial charge is 0.496 e. The van der Waals surface area contributed by atoms with Crippen LogP contribution < -0.4 is 10.0 Å². The van der Waals surface area contributed by atoms with Gasteiger partial charge in [-0.1, -0.05) is 26.0 Å². The molecule has 2 nitrogen and oxygen atoms in total. The second kappa shape index (κ2) is 4.65. The van der Waals surface area contributed by atoms with Gasteiger partial charge in [0.2, 0.25) is 0 Å². The molecule has 0 saturated heterocycles. The van der Waals surface area contributed by atoms with Gasteiger partial charge in [0.1, 0.15) is 12.9 Å². The van der Waals surface area contributed by atoms with Crippen molar-refractivity contribution < 1.29 is 9.30 Å². The maximum absolute atomic E-state index is 12.5. The molecule has 1 rings (SSSR count). The average Bonchev–Trinajstić information content (AvgIpc) is 2.28. The minimum Gasteiger partial charge on any atom is -0.496 e. The molecule has 0 aliphatic heterocycles. The van der Waals surface area contributed by atoms with Crippen LogP contribution >= 0.6 is 7.14 Å². The highest BCUT2D eigenvalue weighted by molar-refractivity contribution is 7.71. The quantitative estimate of drug-likeness (QED) is 0.717. The fourth-order valence-corrected chi connectivity index (χ4v) is 3.58. The van der Waals surface area contributed by atoms with Crippen molar-refractivity contribution in [1.29, 1.82) is 0 Å². The first kappa shape index (κ1) is 11.3. The minimum atomic E-state index is -2.21. The van der Waals surface area contributed by atoms with Crippen LogP contribution in [0, 0.1) is 0 Å². The predicted octanol–water partition coefficient (Wildman–Crippen LogP) is 2.72. The second-order valence-electron chi connectivity index (χ2n) is 3.19. The van der Waals surface area contributed by atoms with Gasteiger partial charge in [-0.05, 0) is 12.1 Å². The third-order valence-electron chi connectivity index (χ3n) is 2.55. The molecule has 0 bridgehead atoms. The van der Waals surface area contributed by atoms with Crippen molar-refractivity contribution in [2.24, 2.45) is 0 Å². The van der Waals surface area contributed by atoms with Gasteiger partial charge in [-0.25, -0.2) is 0 Å². The van der Waals surface area contributed by atoms with Crippen LogP contribution in [0.2, 0.25) is 0 Å². The monoisotopic (exact) mass is 212 g/mol. The molecule has 0 saturated carbocycles. The highest BCUT2D eigenvalue weighted by atomic mass is 31.2. The molecule has 1 aromatic rings. The number of para-hydroxylation sites is 1. The lowest BCUT2D eigenvalue weighted by atomic mass is 10.3. The van der Waals surface area contributed by atoms with Crippen LogP contribution in [0.25, 0.3) is 0 Å². The number of hydrogen-bond donors (Lipinski definition) is 0. The van der Waals surface area contributed by atoms with Crippen molar-refractivity contribution >= 4 is 12.4 Å². The summed E-state index contributed by atoms with van der Waals surface area (Å²) in [5.41, 5.74) is 0. The summed E-state index contributed by atoms with van der Waals surface area (Å²) in [6, 6.07) is 7.59. The molecule has 0 unspecified atom stereocenters. The van der Waals surface area contributed by atoms with Crippen LogP contribution in [0.15, 0.2) is 24.3 Å². The highest BCUT2D eigenvalue weighted by Crippen LogP contribution is 2.45. The molecule has 0 N–H and O–H groups in total. The Morgan fingerprint density at radius 2 is 1.79 bits per heavy atom. The summed E-state index contributed by atoms with van der Waals surface area (Å²) in [4.78, 5) is 0. The van der Waals surface area contributed by atoms with Crippen LogP contribution in [0.3, 0.4) is 0 Å². The van der Waals surface area contributed by atoms with Crippen molar-refractivity contribution in [2.75, 3.05) is 19.4 Å². The Balaban J connectivity index is 3.23. The summed E-state index contributed by atoms with van der Waals surface area (Å²) in [5, 5.41) is 0.882. The summed E-state index contributed by atoms with van der Waals surface area (Å²) in [7, 11) is -0.593. The first-order valence-corrected chi connectivity index (χ1v) is 6.97. The van der Waals surface area contributed by atoms with Crippen molar-refractivity contribution in [3.8, 4) is 5.75 Å². The fourth-order valence-electron chi connectivity index (χ4n) is 1.53. The first-order valence-electron chi connectivity index (χ1n) is 4.89. The molecular formula is C11H17O2P. The Labute approximate surface area is 85.7 Å². The van der Waals surface area contributed by atoms with E-state index in [1.54, 1.807) is 7.11 Å². The molecule has 3 heteroatoms. The van der Waals surface area contributed by atoms with Gasteiger partial charge in [-0.3, -0.25) is 0 Å². The number of methoxy groups -OCH3 is 1. The number of ether oxygens (including phenoxy) is 1. The Kier molecular flexibility index (Phi) is 3.77. The van der Waals surface area contributed by atoms with Crippen LogP contribution in [0.5, 0.6) is 5.75 Å². The third-order valence-corrected chi connectivity index (χ3v) is 5.84. The van der Waals surface area contributed by atoms with E-state index in [-0.39, 0.29) is 0 Å². The summed E-state index contributed by atoms with van der Waals surface area (Å²) in [6.45, 7) is 3.94.